The van der Waals surface area contributed by atoms with E-state index in [1.54, 1.807) is 0 Å². The summed E-state index contributed by atoms with van der Waals surface area (Å²) in [5, 5.41) is 3.45. The summed E-state index contributed by atoms with van der Waals surface area (Å²) in [5.74, 6) is 1.96. The molecule has 1 atom stereocenters. The lowest BCUT2D eigenvalue weighted by molar-refractivity contribution is 0.309. The Bertz CT molecular complexity index is 298. The SMILES string of the molecule is CN1CC2CN(C)CC2C1.CN1CCC2(CCNC2)C1. The molecule has 0 aromatic heterocycles. The fourth-order valence-electron chi connectivity index (χ4n) is 4.76. The average molecular weight is 280 g/mol. The molecule has 0 aromatic rings. The third-order valence-electron chi connectivity index (χ3n) is 5.81. The Balaban J connectivity index is 0.000000121. The van der Waals surface area contributed by atoms with Crippen LogP contribution in [0.25, 0.3) is 0 Å². The van der Waals surface area contributed by atoms with E-state index in [0.717, 1.165) is 11.8 Å². The minimum Gasteiger partial charge on any atom is -0.316 e. The first kappa shape index (κ1) is 14.8. The molecule has 0 saturated carbocycles. The summed E-state index contributed by atoms with van der Waals surface area (Å²) in [6.45, 7) is 10.4. The van der Waals surface area contributed by atoms with E-state index in [4.69, 9.17) is 0 Å². The number of likely N-dealkylation sites (tertiary alicyclic amines) is 3. The van der Waals surface area contributed by atoms with Gasteiger partial charge in [0.25, 0.3) is 0 Å². The number of rotatable bonds is 0. The van der Waals surface area contributed by atoms with Gasteiger partial charge in [-0.05, 0) is 64.3 Å². The van der Waals surface area contributed by atoms with Crippen LogP contribution in [0.15, 0.2) is 0 Å². The molecule has 4 rings (SSSR count). The van der Waals surface area contributed by atoms with Crippen LogP contribution in [0.1, 0.15) is 12.8 Å². The van der Waals surface area contributed by atoms with E-state index in [-0.39, 0.29) is 0 Å². The maximum atomic E-state index is 3.45. The molecular weight excluding hydrogens is 248 g/mol. The molecule has 20 heavy (non-hydrogen) atoms. The lowest BCUT2D eigenvalue weighted by atomic mass is 9.87. The van der Waals surface area contributed by atoms with Gasteiger partial charge in [0.15, 0.2) is 0 Å². The van der Waals surface area contributed by atoms with E-state index in [1.807, 2.05) is 0 Å². The highest BCUT2D eigenvalue weighted by molar-refractivity contribution is 4.94. The van der Waals surface area contributed by atoms with Crippen molar-refractivity contribution in [2.75, 3.05) is 73.5 Å². The molecule has 1 unspecified atom stereocenters. The Labute approximate surface area is 124 Å². The zero-order valence-electron chi connectivity index (χ0n) is 13.6. The van der Waals surface area contributed by atoms with Gasteiger partial charge < -0.3 is 20.0 Å². The van der Waals surface area contributed by atoms with Gasteiger partial charge in [-0.2, -0.15) is 0 Å². The summed E-state index contributed by atoms with van der Waals surface area (Å²) in [6.07, 6.45) is 2.81. The van der Waals surface area contributed by atoms with Gasteiger partial charge in [-0.25, -0.2) is 0 Å². The molecule has 1 N–H and O–H groups in total. The number of fused-ring (bicyclic) bond motifs is 1. The topological polar surface area (TPSA) is 21.8 Å². The first-order chi connectivity index (χ1) is 9.56. The zero-order chi connectivity index (χ0) is 14.2. The third kappa shape index (κ3) is 3.19. The largest absolute Gasteiger partial charge is 0.316 e. The molecule has 0 aliphatic carbocycles. The highest BCUT2D eigenvalue weighted by Gasteiger charge is 2.38. The van der Waals surface area contributed by atoms with Gasteiger partial charge in [0, 0.05) is 39.3 Å². The van der Waals surface area contributed by atoms with Crippen molar-refractivity contribution in [3.8, 4) is 0 Å². The molecule has 4 saturated heterocycles. The number of nitrogens with one attached hydrogen (secondary N) is 1. The van der Waals surface area contributed by atoms with Crippen molar-refractivity contribution in [2.24, 2.45) is 17.3 Å². The second-order valence-electron chi connectivity index (χ2n) is 7.88. The van der Waals surface area contributed by atoms with Crippen molar-refractivity contribution in [3.05, 3.63) is 0 Å². The van der Waals surface area contributed by atoms with Crippen molar-refractivity contribution in [3.63, 3.8) is 0 Å². The molecule has 0 aromatic carbocycles. The van der Waals surface area contributed by atoms with Crippen LogP contribution < -0.4 is 5.32 Å². The Hall–Kier alpha value is -0.160. The summed E-state index contributed by atoms with van der Waals surface area (Å²) < 4.78 is 0. The molecule has 4 aliphatic heterocycles. The molecule has 1 spiro atoms. The van der Waals surface area contributed by atoms with Crippen LogP contribution in [0.3, 0.4) is 0 Å². The number of hydrogen-bond donors (Lipinski definition) is 1. The Morgan fingerprint density at radius 1 is 0.850 bits per heavy atom. The van der Waals surface area contributed by atoms with E-state index in [0.29, 0.717) is 5.41 Å². The predicted molar refractivity (Wildman–Crippen MR) is 84.0 cm³/mol. The normalized spacial score (nSPS) is 42.1. The molecule has 4 nitrogen and oxygen atoms in total. The van der Waals surface area contributed by atoms with Gasteiger partial charge in [0.05, 0.1) is 0 Å². The Morgan fingerprint density at radius 3 is 1.85 bits per heavy atom. The first-order valence-electron chi connectivity index (χ1n) is 8.33. The molecule has 116 valence electrons. The van der Waals surface area contributed by atoms with Crippen molar-refractivity contribution in [1.82, 2.24) is 20.0 Å². The van der Waals surface area contributed by atoms with E-state index in [1.165, 1.54) is 65.2 Å². The molecule has 4 fully saturated rings. The van der Waals surface area contributed by atoms with Crippen molar-refractivity contribution in [2.45, 2.75) is 12.8 Å². The van der Waals surface area contributed by atoms with Crippen LogP contribution in [-0.4, -0.2) is 88.2 Å². The monoisotopic (exact) mass is 280 g/mol. The second-order valence-corrected chi connectivity index (χ2v) is 7.88. The average Bonchev–Trinajstić information content (AvgIpc) is 3.09. The highest BCUT2D eigenvalue weighted by atomic mass is 15.2. The lowest BCUT2D eigenvalue weighted by Crippen LogP contribution is -2.27. The molecule has 4 heteroatoms. The van der Waals surface area contributed by atoms with E-state index >= 15 is 0 Å². The van der Waals surface area contributed by atoms with Crippen LogP contribution in [-0.2, 0) is 0 Å². The van der Waals surface area contributed by atoms with Gasteiger partial charge in [0.1, 0.15) is 0 Å². The van der Waals surface area contributed by atoms with Crippen LogP contribution in [0.5, 0.6) is 0 Å². The molecule has 0 bridgehead atoms. The van der Waals surface area contributed by atoms with Crippen LogP contribution in [0.2, 0.25) is 0 Å². The van der Waals surface area contributed by atoms with E-state index in [2.05, 4.69) is 41.2 Å². The van der Waals surface area contributed by atoms with Gasteiger partial charge in [-0.15, -0.1) is 0 Å². The molecular formula is C16H32N4. The maximum Gasteiger partial charge on any atom is 0.00481 e. The molecule has 0 amide bonds. The van der Waals surface area contributed by atoms with Crippen molar-refractivity contribution in [1.29, 1.82) is 0 Å². The first-order valence-corrected chi connectivity index (χ1v) is 8.33. The second kappa shape index (κ2) is 5.91. The Kier molecular flexibility index (Phi) is 4.37. The van der Waals surface area contributed by atoms with Gasteiger partial charge >= 0.3 is 0 Å². The quantitative estimate of drug-likeness (QED) is 0.694. The van der Waals surface area contributed by atoms with E-state index in [9.17, 15) is 0 Å². The maximum absolute atomic E-state index is 3.45. The van der Waals surface area contributed by atoms with Gasteiger partial charge in [-0.1, -0.05) is 0 Å². The highest BCUT2D eigenvalue weighted by Crippen LogP contribution is 2.34. The predicted octanol–water partition coefficient (Wildman–Crippen LogP) is 0.411. The number of nitrogens with zero attached hydrogens (tertiary/aromatic N) is 3. The van der Waals surface area contributed by atoms with Gasteiger partial charge in [0.2, 0.25) is 0 Å². The lowest BCUT2D eigenvalue weighted by Gasteiger charge is -2.20. The summed E-state index contributed by atoms with van der Waals surface area (Å²) in [6, 6.07) is 0. The fourth-order valence-corrected chi connectivity index (χ4v) is 4.76. The van der Waals surface area contributed by atoms with Crippen LogP contribution in [0, 0.1) is 17.3 Å². The van der Waals surface area contributed by atoms with Gasteiger partial charge in [-0.3, -0.25) is 0 Å². The number of hydrogen-bond acceptors (Lipinski definition) is 4. The van der Waals surface area contributed by atoms with E-state index < -0.39 is 0 Å². The van der Waals surface area contributed by atoms with Crippen LogP contribution >= 0.6 is 0 Å². The fraction of sp³-hybridized carbons (Fsp3) is 1.00. The summed E-state index contributed by atoms with van der Waals surface area (Å²) in [4.78, 5) is 7.37. The Morgan fingerprint density at radius 2 is 1.45 bits per heavy atom. The summed E-state index contributed by atoms with van der Waals surface area (Å²) in [5.41, 5.74) is 0.675. The standard InChI is InChI=1S/2C8H16N2/c1-9-3-7-5-10(2)6-8(7)4-9;1-10-5-3-8(7-10)2-4-9-6-8/h7-8H,3-6H2,1-2H3;9H,2-7H2,1H3. The molecule has 4 heterocycles. The summed E-state index contributed by atoms with van der Waals surface area (Å²) >= 11 is 0. The minimum absolute atomic E-state index is 0.675. The van der Waals surface area contributed by atoms with Crippen LogP contribution in [0.4, 0.5) is 0 Å². The third-order valence-corrected chi connectivity index (χ3v) is 5.81. The molecule has 0 radical (unpaired) electrons. The van der Waals surface area contributed by atoms with Crippen molar-refractivity contribution < 1.29 is 0 Å². The zero-order valence-corrected chi connectivity index (χ0v) is 13.6. The smallest absolute Gasteiger partial charge is 0.00481 e. The van der Waals surface area contributed by atoms with Crippen molar-refractivity contribution >= 4 is 0 Å². The summed E-state index contributed by atoms with van der Waals surface area (Å²) in [7, 11) is 6.70. The molecule has 4 aliphatic rings. The minimum atomic E-state index is 0.675.